The number of nitrogens with one attached hydrogen (secondary N) is 1. The predicted octanol–water partition coefficient (Wildman–Crippen LogP) is 0.797. The molecule has 2 aromatic rings. The second-order valence-electron chi connectivity index (χ2n) is 5.54. The van der Waals surface area contributed by atoms with Crippen LogP contribution in [0.15, 0.2) is 29.2 Å². The molecule has 0 aromatic carbocycles. The molecule has 0 amide bonds. The first-order valence-electron chi connectivity index (χ1n) is 7.07. The van der Waals surface area contributed by atoms with Gasteiger partial charge in [-0.15, -0.1) is 0 Å². The van der Waals surface area contributed by atoms with Crippen LogP contribution in [0.3, 0.4) is 0 Å². The highest BCUT2D eigenvalue weighted by molar-refractivity contribution is 5.39. The average Bonchev–Trinajstić information content (AvgIpc) is 2.42. The summed E-state index contributed by atoms with van der Waals surface area (Å²) in [6, 6.07) is 6.02. The quantitative estimate of drug-likeness (QED) is 0.878. The Bertz CT molecular complexity index is 679. The minimum atomic E-state index is -0.00325. The molecule has 0 spiro atoms. The average molecular weight is 272 g/mol. The molecular formula is C15H20N4O. The summed E-state index contributed by atoms with van der Waals surface area (Å²) >= 11 is 0. The van der Waals surface area contributed by atoms with E-state index in [-0.39, 0.29) is 5.56 Å². The highest BCUT2D eigenvalue weighted by Crippen LogP contribution is 2.09. The Hall–Kier alpha value is -1.72. The van der Waals surface area contributed by atoms with Crippen LogP contribution in [0.4, 0.5) is 0 Å². The van der Waals surface area contributed by atoms with Crippen LogP contribution in [0, 0.1) is 6.92 Å². The van der Waals surface area contributed by atoms with E-state index in [9.17, 15) is 4.79 Å². The Balaban J connectivity index is 1.92. The van der Waals surface area contributed by atoms with Crippen LogP contribution in [0.5, 0.6) is 0 Å². The van der Waals surface area contributed by atoms with E-state index in [1.165, 1.54) is 0 Å². The zero-order valence-corrected chi connectivity index (χ0v) is 12.0. The van der Waals surface area contributed by atoms with Gasteiger partial charge >= 0.3 is 0 Å². The van der Waals surface area contributed by atoms with Gasteiger partial charge < -0.3 is 5.32 Å². The molecular weight excluding hydrogens is 252 g/mol. The van der Waals surface area contributed by atoms with Gasteiger partial charge in [-0.25, -0.2) is 4.98 Å². The van der Waals surface area contributed by atoms with E-state index >= 15 is 0 Å². The SMILES string of the molecule is Cc1ccc2nc(CN3CCNC[C@@H]3C)cc(=O)n2c1. The van der Waals surface area contributed by atoms with Crippen LogP contribution in [0.2, 0.25) is 0 Å². The fraction of sp³-hybridized carbons (Fsp3) is 0.467. The first kappa shape index (κ1) is 13.3. The first-order chi connectivity index (χ1) is 9.63. The largest absolute Gasteiger partial charge is 0.314 e. The molecule has 5 heteroatoms. The predicted molar refractivity (Wildman–Crippen MR) is 78.9 cm³/mol. The molecule has 0 saturated carbocycles. The van der Waals surface area contributed by atoms with E-state index in [1.54, 1.807) is 10.5 Å². The molecule has 1 atom stereocenters. The number of hydrogen-bond acceptors (Lipinski definition) is 4. The van der Waals surface area contributed by atoms with Crippen molar-refractivity contribution in [3.63, 3.8) is 0 Å². The van der Waals surface area contributed by atoms with Crippen LogP contribution in [-0.2, 0) is 6.54 Å². The van der Waals surface area contributed by atoms with E-state index in [2.05, 4.69) is 22.1 Å². The monoisotopic (exact) mass is 272 g/mol. The number of pyridine rings is 1. The van der Waals surface area contributed by atoms with Gasteiger partial charge in [0.05, 0.1) is 5.69 Å². The smallest absolute Gasteiger partial charge is 0.258 e. The van der Waals surface area contributed by atoms with Crippen molar-refractivity contribution in [3.8, 4) is 0 Å². The van der Waals surface area contributed by atoms with Crippen molar-refractivity contribution in [3.05, 3.63) is 46.0 Å². The Morgan fingerprint density at radius 3 is 3.10 bits per heavy atom. The zero-order valence-electron chi connectivity index (χ0n) is 12.0. The molecule has 3 heterocycles. The lowest BCUT2D eigenvalue weighted by Gasteiger charge is -2.33. The molecule has 20 heavy (non-hydrogen) atoms. The van der Waals surface area contributed by atoms with Gasteiger partial charge in [-0.3, -0.25) is 14.1 Å². The molecule has 1 saturated heterocycles. The fourth-order valence-corrected chi connectivity index (χ4v) is 2.67. The molecule has 3 rings (SSSR count). The first-order valence-corrected chi connectivity index (χ1v) is 7.07. The normalized spacial score (nSPS) is 20.4. The maximum absolute atomic E-state index is 12.2. The molecule has 1 aliphatic heterocycles. The molecule has 0 radical (unpaired) electrons. The Morgan fingerprint density at radius 1 is 1.45 bits per heavy atom. The minimum absolute atomic E-state index is 0.00325. The van der Waals surface area contributed by atoms with E-state index < -0.39 is 0 Å². The summed E-state index contributed by atoms with van der Waals surface area (Å²) in [5.41, 5.74) is 2.63. The third kappa shape index (κ3) is 2.59. The van der Waals surface area contributed by atoms with Gasteiger partial charge in [0.1, 0.15) is 5.65 Å². The Morgan fingerprint density at radius 2 is 2.30 bits per heavy atom. The summed E-state index contributed by atoms with van der Waals surface area (Å²) in [7, 11) is 0. The van der Waals surface area contributed by atoms with Crippen molar-refractivity contribution in [1.82, 2.24) is 19.6 Å². The minimum Gasteiger partial charge on any atom is -0.314 e. The van der Waals surface area contributed by atoms with Gasteiger partial charge in [0, 0.05) is 44.5 Å². The van der Waals surface area contributed by atoms with Gasteiger partial charge in [-0.1, -0.05) is 6.07 Å². The molecule has 106 valence electrons. The van der Waals surface area contributed by atoms with Gasteiger partial charge in [-0.05, 0) is 25.5 Å². The lowest BCUT2D eigenvalue weighted by Crippen LogP contribution is -2.49. The third-order valence-electron chi connectivity index (χ3n) is 3.86. The van der Waals surface area contributed by atoms with E-state index in [1.807, 2.05) is 25.3 Å². The summed E-state index contributed by atoms with van der Waals surface area (Å²) in [5.74, 6) is 0. The van der Waals surface area contributed by atoms with Crippen LogP contribution in [0.25, 0.3) is 5.65 Å². The Labute approximate surface area is 118 Å². The second-order valence-corrected chi connectivity index (χ2v) is 5.54. The van der Waals surface area contributed by atoms with Crippen LogP contribution in [0.1, 0.15) is 18.2 Å². The van der Waals surface area contributed by atoms with Crippen molar-refractivity contribution in [2.75, 3.05) is 19.6 Å². The number of aryl methyl sites for hydroxylation is 1. The lowest BCUT2D eigenvalue weighted by molar-refractivity contribution is 0.164. The van der Waals surface area contributed by atoms with Crippen molar-refractivity contribution in [1.29, 1.82) is 0 Å². The van der Waals surface area contributed by atoms with E-state index in [0.29, 0.717) is 6.04 Å². The van der Waals surface area contributed by atoms with Crippen molar-refractivity contribution < 1.29 is 0 Å². The van der Waals surface area contributed by atoms with Gasteiger partial charge in [0.2, 0.25) is 0 Å². The lowest BCUT2D eigenvalue weighted by atomic mass is 10.2. The van der Waals surface area contributed by atoms with Crippen LogP contribution in [-0.4, -0.2) is 40.0 Å². The van der Waals surface area contributed by atoms with Crippen molar-refractivity contribution in [2.24, 2.45) is 0 Å². The molecule has 1 fully saturated rings. The molecule has 1 aliphatic rings. The standard InChI is InChI=1S/C15H20N4O/c1-11-3-4-14-17-13(7-15(20)19(14)9-11)10-18-6-5-16-8-12(18)2/h3-4,7,9,12,16H,5-6,8,10H2,1-2H3/t12-/m0/s1. The molecule has 0 bridgehead atoms. The number of hydrogen-bond donors (Lipinski definition) is 1. The zero-order chi connectivity index (χ0) is 14.1. The van der Waals surface area contributed by atoms with Crippen molar-refractivity contribution >= 4 is 5.65 Å². The topological polar surface area (TPSA) is 49.6 Å². The summed E-state index contributed by atoms with van der Waals surface area (Å²) in [4.78, 5) is 19.1. The number of fused-ring (bicyclic) bond motifs is 1. The maximum Gasteiger partial charge on any atom is 0.258 e. The van der Waals surface area contributed by atoms with E-state index in [4.69, 9.17) is 0 Å². The molecule has 2 aromatic heterocycles. The maximum atomic E-state index is 12.2. The van der Waals surface area contributed by atoms with Gasteiger partial charge in [-0.2, -0.15) is 0 Å². The Kier molecular flexibility index (Phi) is 3.54. The van der Waals surface area contributed by atoms with Crippen molar-refractivity contribution in [2.45, 2.75) is 26.4 Å². The highest BCUT2D eigenvalue weighted by atomic mass is 16.1. The summed E-state index contributed by atoms with van der Waals surface area (Å²) in [5, 5.41) is 3.37. The van der Waals surface area contributed by atoms with Gasteiger partial charge in [0.15, 0.2) is 0 Å². The number of piperazine rings is 1. The summed E-state index contributed by atoms with van der Waals surface area (Å²) in [6.07, 6.45) is 1.84. The molecule has 0 unspecified atom stereocenters. The molecule has 1 N–H and O–H groups in total. The fourth-order valence-electron chi connectivity index (χ4n) is 2.67. The molecule has 0 aliphatic carbocycles. The number of aromatic nitrogens is 2. The van der Waals surface area contributed by atoms with Gasteiger partial charge in [0.25, 0.3) is 5.56 Å². The van der Waals surface area contributed by atoms with Crippen LogP contribution >= 0.6 is 0 Å². The number of nitrogens with zero attached hydrogens (tertiary/aromatic N) is 3. The van der Waals surface area contributed by atoms with E-state index in [0.717, 1.165) is 43.1 Å². The second kappa shape index (κ2) is 5.34. The third-order valence-corrected chi connectivity index (χ3v) is 3.86. The molecule has 5 nitrogen and oxygen atoms in total. The number of rotatable bonds is 2. The summed E-state index contributed by atoms with van der Waals surface area (Å²) < 4.78 is 1.61. The summed E-state index contributed by atoms with van der Waals surface area (Å²) in [6.45, 7) is 7.89. The van der Waals surface area contributed by atoms with Crippen LogP contribution < -0.4 is 10.9 Å². The highest BCUT2D eigenvalue weighted by Gasteiger charge is 2.18.